The number of piperidine rings is 1. The number of amides is 1. The standard InChI is InChI=1S/C40H59N3O5/c1-26-32-21-31(39(32,3)4)22-33(26)41-38(47)37-36(27(2)45)35(25-44)48-43(37)24-29-11-9-10-28(20-29)12-17-40(15-7-6-8-16-40)23-34(46)30-13-18-42(5)19-14-30/h9-11,20,26-27,30-33,35-37,44-45H,6-8,13-16,18-19,21-25H2,1-5H3,(H,41,47)/t26-,27-,31?,32-,33-,35-,36+,37-/m0/s1. The average Bonchev–Trinajstić information content (AvgIpc) is 3.44. The SMILES string of the molecule is C[C@@H]1[C@@H](NC(=O)[C@@H]2[C@H]([C@H](C)O)[C@H](CO)ON2Cc2cccc(C#CC3(CC(=O)C4CCN(C)CC4)CCCCC3)c2)CC2C[C@@H]1C2(C)C. The van der Waals surface area contributed by atoms with Gasteiger partial charge in [-0.15, -0.1) is 0 Å². The summed E-state index contributed by atoms with van der Waals surface area (Å²) in [6.07, 6.45) is 8.51. The van der Waals surface area contributed by atoms with Gasteiger partial charge >= 0.3 is 0 Å². The van der Waals surface area contributed by atoms with E-state index in [4.69, 9.17) is 4.84 Å². The molecule has 264 valence electrons. The lowest BCUT2D eigenvalue weighted by molar-refractivity contribution is -0.183. The van der Waals surface area contributed by atoms with Crippen LogP contribution in [0.4, 0.5) is 0 Å². The van der Waals surface area contributed by atoms with Crippen molar-refractivity contribution < 1.29 is 24.6 Å². The van der Waals surface area contributed by atoms with Gasteiger partial charge in [0.15, 0.2) is 0 Å². The monoisotopic (exact) mass is 661 g/mol. The fraction of sp³-hybridized carbons (Fsp3) is 0.750. The molecule has 1 aromatic carbocycles. The van der Waals surface area contributed by atoms with Gasteiger partial charge in [0.2, 0.25) is 5.91 Å². The highest BCUT2D eigenvalue weighted by atomic mass is 16.7. The quantitative estimate of drug-likeness (QED) is 0.322. The molecule has 6 fully saturated rings. The molecule has 0 aromatic heterocycles. The summed E-state index contributed by atoms with van der Waals surface area (Å²) in [7, 11) is 2.13. The summed E-state index contributed by atoms with van der Waals surface area (Å²) in [6, 6.07) is 7.40. The van der Waals surface area contributed by atoms with Crippen LogP contribution in [-0.4, -0.2) is 82.9 Å². The molecule has 6 aliphatic rings. The Bertz CT molecular complexity index is 1370. The van der Waals surface area contributed by atoms with Crippen molar-refractivity contribution in [2.45, 2.75) is 123 Å². The normalized spacial score (nSPS) is 34.0. The number of likely N-dealkylation sites (tertiary alicyclic amines) is 1. The zero-order chi connectivity index (χ0) is 34.2. The molecule has 4 saturated carbocycles. The number of benzene rings is 1. The van der Waals surface area contributed by atoms with Crippen LogP contribution in [0.1, 0.15) is 103 Å². The largest absolute Gasteiger partial charge is 0.394 e. The predicted molar refractivity (Wildman–Crippen MR) is 186 cm³/mol. The number of nitrogens with zero attached hydrogens (tertiary/aromatic N) is 2. The third kappa shape index (κ3) is 7.28. The highest BCUT2D eigenvalue weighted by Gasteiger charge is 2.57. The maximum absolute atomic E-state index is 14.0. The Morgan fingerprint density at radius 3 is 2.50 bits per heavy atom. The number of Topliss-reactive ketones (excluding diaryl/α,β-unsaturated/α-hetero) is 1. The number of hydrogen-bond donors (Lipinski definition) is 3. The van der Waals surface area contributed by atoms with E-state index in [-0.39, 0.29) is 29.9 Å². The Hall–Kier alpha value is -2.28. The number of rotatable bonds is 9. The molecule has 8 nitrogen and oxygen atoms in total. The molecule has 7 rings (SSSR count). The molecule has 2 saturated heterocycles. The van der Waals surface area contributed by atoms with Gasteiger partial charge < -0.3 is 20.4 Å². The van der Waals surface area contributed by atoms with Crippen LogP contribution in [0.5, 0.6) is 0 Å². The van der Waals surface area contributed by atoms with Gasteiger partial charge in [-0.2, -0.15) is 5.06 Å². The van der Waals surface area contributed by atoms with E-state index < -0.39 is 24.2 Å². The molecule has 4 aliphatic carbocycles. The Kier molecular flexibility index (Phi) is 10.8. The molecule has 8 atom stereocenters. The maximum atomic E-state index is 14.0. The lowest BCUT2D eigenvalue weighted by Crippen LogP contribution is -2.62. The molecule has 3 N–H and O–H groups in total. The van der Waals surface area contributed by atoms with Crippen molar-refractivity contribution in [1.29, 1.82) is 0 Å². The van der Waals surface area contributed by atoms with E-state index in [0.29, 0.717) is 41.9 Å². The van der Waals surface area contributed by atoms with Crippen LogP contribution in [0.2, 0.25) is 0 Å². The highest BCUT2D eigenvalue weighted by molar-refractivity contribution is 5.83. The summed E-state index contributed by atoms with van der Waals surface area (Å²) < 4.78 is 0. The first kappa shape index (κ1) is 35.5. The van der Waals surface area contributed by atoms with Crippen LogP contribution >= 0.6 is 0 Å². The zero-order valence-corrected chi connectivity index (χ0v) is 29.9. The highest BCUT2D eigenvalue weighted by Crippen LogP contribution is 2.61. The number of hydroxylamine groups is 2. The smallest absolute Gasteiger partial charge is 0.240 e. The predicted octanol–water partition coefficient (Wildman–Crippen LogP) is 4.95. The minimum Gasteiger partial charge on any atom is -0.394 e. The van der Waals surface area contributed by atoms with Gasteiger partial charge in [-0.05, 0) is 106 Å². The Morgan fingerprint density at radius 2 is 1.85 bits per heavy atom. The van der Waals surface area contributed by atoms with E-state index in [0.717, 1.165) is 69.2 Å². The second-order valence-electron chi connectivity index (χ2n) is 16.7. The van der Waals surface area contributed by atoms with E-state index in [2.05, 4.69) is 49.9 Å². The number of aliphatic hydroxyl groups is 2. The van der Waals surface area contributed by atoms with Gasteiger partial charge in [-0.25, -0.2) is 0 Å². The van der Waals surface area contributed by atoms with Crippen molar-refractivity contribution in [2.75, 3.05) is 26.7 Å². The van der Waals surface area contributed by atoms with E-state index in [1.165, 1.54) is 12.8 Å². The van der Waals surface area contributed by atoms with Crippen molar-refractivity contribution in [3.05, 3.63) is 35.4 Å². The number of fused-ring (bicyclic) bond motifs is 2. The number of hydrogen-bond acceptors (Lipinski definition) is 7. The lowest BCUT2D eigenvalue weighted by atomic mass is 9.45. The average molecular weight is 662 g/mol. The summed E-state index contributed by atoms with van der Waals surface area (Å²) in [5.41, 5.74) is 1.88. The first-order valence-corrected chi connectivity index (χ1v) is 18.8. The molecule has 48 heavy (non-hydrogen) atoms. The van der Waals surface area contributed by atoms with Gasteiger partial charge in [0.05, 0.1) is 19.3 Å². The summed E-state index contributed by atoms with van der Waals surface area (Å²) in [4.78, 5) is 36.0. The minimum absolute atomic E-state index is 0.0935. The Morgan fingerprint density at radius 1 is 1.12 bits per heavy atom. The van der Waals surface area contributed by atoms with E-state index in [1.54, 1.807) is 12.0 Å². The lowest BCUT2D eigenvalue weighted by Gasteiger charge is -2.62. The first-order valence-electron chi connectivity index (χ1n) is 18.8. The van der Waals surface area contributed by atoms with E-state index in [1.807, 2.05) is 24.3 Å². The fourth-order valence-electron chi connectivity index (χ4n) is 10.00. The Labute approximate surface area is 288 Å². The summed E-state index contributed by atoms with van der Waals surface area (Å²) in [6.45, 7) is 10.7. The number of aliphatic hydroxyl groups excluding tert-OH is 2. The maximum Gasteiger partial charge on any atom is 0.240 e. The number of carbonyl (C=O) groups is 2. The van der Waals surface area contributed by atoms with E-state index >= 15 is 0 Å². The van der Waals surface area contributed by atoms with Crippen molar-refractivity contribution in [1.82, 2.24) is 15.3 Å². The van der Waals surface area contributed by atoms with Gasteiger partial charge in [-0.1, -0.05) is 64.0 Å². The summed E-state index contributed by atoms with van der Waals surface area (Å²) >= 11 is 0. The van der Waals surface area contributed by atoms with Crippen molar-refractivity contribution in [3.63, 3.8) is 0 Å². The molecule has 2 aliphatic heterocycles. The molecule has 1 amide bonds. The van der Waals surface area contributed by atoms with Crippen LogP contribution < -0.4 is 5.32 Å². The zero-order valence-electron chi connectivity index (χ0n) is 29.9. The molecule has 2 heterocycles. The number of ketones is 1. The van der Waals surface area contributed by atoms with Crippen LogP contribution in [0.25, 0.3) is 0 Å². The van der Waals surface area contributed by atoms with Gasteiger partial charge in [0.1, 0.15) is 17.9 Å². The third-order valence-corrected chi connectivity index (χ3v) is 13.3. The van der Waals surface area contributed by atoms with Gasteiger partial charge in [0.25, 0.3) is 0 Å². The number of nitrogens with one attached hydrogen (secondary N) is 1. The molecule has 1 aromatic rings. The van der Waals surface area contributed by atoms with Gasteiger partial charge in [-0.3, -0.25) is 14.4 Å². The minimum atomic E-state index is -0.833. The fourth-order valence-corrected chi connectivity index (χ4v) is 10.00. The van der Waals surface area contributed by atoms with Crippen LogP contribution in [0.15, 0.2) is 24.3 Å². The molecule has 0 spiro atoms. The molecule has 2 bridgehead atoms. The molecular weight excluding hydrogens is 602 g/mol. The van der Waals surface area contributed by atoms with E-state index in [9.17, 15) is 19.8 Å². The van der Waals surface area contributed by atoms with Crippen LogP contribution in [-0.2, 0) is 21.0 Å². The van der Waals surface area contributed by atoms with Crippen LogP contribution in [0.3, 0.4) is 0 Å². The molecule has 0 radical (unpaired) electrons. The third-order valence-electron chi connectivity index (χ3n) is 13.3. The summed E-state index contributed by atoms with van der Waals surface area (Å²) in [5, 5.41) is 26.1. The second-order valence-corrected chi connectivity index (χ2v) is 16.7. The van der Waals surface area contributed by atoms with Crippen molar-refractivity contribution in [3.8, 4) is 11.8 Å². The van der Waals surface area contributed by atoms with Crippen molar-refractivity contribution in [2.24, 2.45) is 40.4 Å². The molecule has 1 unspecified atom stereocenters. The topological polar surface area (TPSA) is 102 Å². The van der Waals surface area contributed by atoms with Crippen molar-refractivity contribution >= 4 is 11.7 Å². The molecule has 8 heteroatoms. The first-order chi connectivity index (χ1) is 22.9. The summed E-state index contributed by atoms with van der Waals surface area (Å²) in [5.74, 6) is 8.52. The van der Waals surface area contributed by atoms with Crippen LogP contribution in [0, 0.1) is 52.3 Å². The second kappa shape index (κ2) is 14.5. The Balaban J connectivity index is 1.17. The number of carbonyl (C=O) groups excluding carboxylic acids is 2. The van der Waals surface area contributed by atoms with Gasteiger partial charge in [0, 0.05) is 35.3 Å². The molecular formula is C40H59N3O5.